The van der Waals surface area contributed by atoms with Crippen LogP contribution in [0.1, 0.15) is 43.2 Å². The van der Waals surface area contributed by atoms with Crippen molar-refractivity contribution in [3.05, 3.63) is 47.0 Å². The van der Waals surface area contributed by atoms with Crippen LogP contribution in [-0.2, 0) is 16.1 Å². The SMILES string of the molecule is CC(=O)Nc1ncc(CN2CCC(C(=O)NC(C)c3ccccc3)CC2)s1. The van der Waals surface area contributed by atoms with E-state index < -0.39 is 0 Å². The van der Waals surface area contributed by atoms with Crippen molar-refractivity contribution >= 4 is 28.3 Å². The van der Waals surface area contributed by atoms with Gasteiger partial charge in [-0.3, -0.25) is 14.5 Å². The fourth-order valence-electron chi connectivity index (χ4n) is 3.32. The summed E-state index contributed by atoms with van der Waals surface area (Å²) in [6.45, 7) is 6.11. The van der Waals surface area contributed by atoms with Crippen LogP contribution in [0.25, 0.3) is 0 Å². The van der Waals surface area contributed by atoms with Crippen molar-refractivity contribution in [3.63, 3.8) is 0 Å². The zero-order valence-electron chi connectivity index (χ0n) is 15.8. The fraction of sp³-hybridized carbons (Fsp3) is 0.450. The topological polar surface area (TPSA) is 74.3 Å². The van der Waals surface area contributed by atoms with E-state index in [0.717, 1.165) is 42.9 Å². The van der Waals surface area contributed by atoms with Crippen LogP contribution in [0.3, 0.4) is 0 Å². The van der Waals surface area contributed by atoms with Crippen LogP contribution < -0.4 is 10.6 Å². The number of aromatic nitrogens is 1. The number of benzene rings is 1. The molecule has 0 radical (unpaired) electrons. The largest absolute Gasteiger partial charge is 0.349 e. The zero-order valence-corrected chi connectivity index (χ0v) is 16.6. The Morgan fingerprint density at radius 2 is 1.96 bits per heavy atom. The molecule has 1 aliphatic rings. The van der Waals surface area contributed by atoms with Gasteiger partial charge in [0.1, 0.15) is 0 Å². The van der Waals surface area contributed by atoms with Crippen LogP contribution in [0.5, 0.6) is 0 Å². The summed E-state index contributed by atoms with van der Waals surface area (Å²) in [5.74, 6) is 0.119. The predicted octanol–water partition coefficient (Wildman–Crippen LogP) is 3.19. The summed E-state index contributed by atoms with van der Waals surface area (Å²) in [6.07, 6.45) is 3.55. The van der Waals surface area contributed by atoms with Crippen molar-refractivity contribution in [2.24, 2.45) is 5.92 Å². The number of anilines is 1. The lowest BCUT2D eigenvalue weighted by Gasteiger charge is -2.31. The van der Waals surface area contributed by atoms with Gasteiger partial charge in [-0.15, -0.1) is 11.3 Å². The van der Waals surface area contributed by atoms with E-state index >= 15 is 0 Å². The molecule has 3 rings (SSSR count). The molecule has 2 aromatic rings. The highest BCUT2D eigenvalue weighted by atomic mass is 32.1. The van der Waals surface area contributed by atoms with Crippen LogP contribution in [0.4, 0.5) is 5.13 Å². The number of amides is 2. The first-order valence-electron chi connectivity index (χ1n) is 9.31. The minimum atomic E-state index is -0.104. The number of rotatable bonds is 6. The lowest BCUT2D eigenvalue weighted by Crippen LogP contribution is -2.40. The molecule has 7 heteroatoms. The molecule has 0 bridgehead atoms. The van der Waals surface area contributed by atoms with Gasteiger partial charge in [0.05, 0.1) is 6.04 Å². The predicted molar refractivity (Wildman–Crippen MR) is 107 cm³/mol. The Morgan fingerprint density at radius 1 is 1.26 bits per heavy atom. The standard InChI is InChI=1S/C20H26N4O2S/c1-14(16-6-4-3-5-7-16)22-19(26)17-8-10-24(11-9-17)13-18-12-21-20(27-18)23-15(2)25/h3-7,12,14,17H,8-11,13H2,1-2H3,(H,22,26)(H,21,23,25). The molecule has 1 aromatic carbocycles. The Hall–Kier alpha value is -2.25. The van der Waals surface area contributed by atoms with Crippen molar-refractivity contribution in [1.29, 1.82) is 0 Å². The second kappa shape index (κ2) is 9.10. The number of carbonyl (C=O) groups excluding carboxylic acids is 2. The molecule has 0 saturated carbocycles. The van der Waals surface area contributed by atoms with E-state index in [1.807, 2.05) is 43.5 Å². The molecule has 144 valence electrons. The number of piperidine rings is 1. The summed E-state index contributed by atoms with van der Waals surface area (Å²) in [4.78, 5) is 31.4. The molecule has 6 nitrogen and oxygen atoms in total. The third-order valence-corrected chi connectivity index (χ3v) is 5.73. The van der Waals surface area contributed by atoms with E-state index in [9.17, 15) is 9.59 Å². The summed E-state index contributed by atoms with van der Waals surface area (Å²) in [6, 6.07) is 10.1. The Morgan fingerprint density at radius 3 is 2.63 bits per heavy atom. The highest BCUT2D eigenvalue weighted by Crippen LogP contribution is 2.24. The van der Waals surface area contributed by atoms with Gasteiger partial charge >= 0.3 is 0 Å². The number of nitrogens with one attached hydrogen (secondary N) is 2. The molecular weight excluding hydrogens is 360 g/mol. The number of likely N-dealkylation sites (tertiary alicyclic amines) is 1. The fourth-order valence-corrected chi connectivity index (χ4v) is 4.22. The third kappa shape index (κ3) is 5.61. The molecule has 1 unspecified atom stereocenters. The van der Waals surface area contributed by atoms with Crippen LogP contribution in [0.2, 0.25) is 0 Å². The normalized spacial score (nSPS) is 16.7. The smallest absolute Gasteiger partial charge is 0.223 e. The number of thiazole rings is 1. The molecule has 1 aromatic heterocycles. The molecule has 0 aliphatic carbocycles. The number of hydrogen-bond donors (Lipinski definition) is 2. The minimum Gasteiger partial charge on any atom is -0.349 e. The molecule has 2 amide bonds. The van der Waals surface area contributed by atoms with E-state index in [1.54, 1.807) is 0 Å². The third-order valence-electron chi connectivity index (χ3n) is 4.83. The number of hydrogen-bond acceptors (Lipinski definition) is 5. The summed E-state index contributed by atoms with van der Waals surface area (Å²) < 4.78 is 0. The first kappa shape index (κ1) is 19.5. The number of carbonyl (C=O) groups is 2. The second-order valence-electron chi connectivity index (χ2n) is 7.00. The molecule has 27 heavy (non-hydrogen) atoms. The van der Waals surface area contributed by atoms with Gasteiger partial charge < -0.3 is 10.6 Å². The molecule has 1 fully saturated rings. The van der Waals surface area contributed by atoms with E-state index in [1.165, 1.54) is 18.3 Å². The van der Waals surface area contributed by atoms with Crippen LogP contribution >= 0.6 is 11.3 Å². The highest BCUT2D eigenvalue weighted by molar-refractivity contribution is 7.15. The maximum absolute atomic E-state index is 12.6. The number of nitrogens with zero attached hydrogens (tertiary/aromatic N) is 2. The van der Waals surface area contributed by atoms with Gasteiger partial charge in [-0.1, -0.05) is 30.3 Å². The molecule has 2 N–H and O–H groups in total. The summed E-state index contributed by atoms with van der Waals surface area (Å²) in [5.41, 5.74) is 1.13. The Balaban J connectivity index is 1.45. The Kier molecular flexibility index (Phi) is 6.58. The highest BCUT2D eigenvalue weighted by Gasteiger charge is 2.26. The van der Waals surface area contributed by atoms with Crippen molar-refractivity contribution in [2.45, 2.75) is 39.3 Å². The lowest BCUT2D eigenvalue weighted by molar-refractivity contribution is -0.127. The summed E-state index contributed by atoms with van der Waals surface area (Å²) in [5, 5.41) is 6.50. The molecule has 1 atom stereocenters. The molecule has 1 aliphatic heterocycles. The Bertz CT molecular complexity index is 769. The van der Waals surface area contributed by atoms with Crippen molar-refractivity contribution < 1.29 is 9.59 Å². The van der Waals surface area contributed by atoms with Crippen LogP contribution in [0, 0.1) is 5.92 Å². The summed E-state index contributed by atoms with van der Waals surface area (Å²) >= 11 is 1.50. The zero-order chi connectivity index (χ0) is 19.2. The van der Waals surface area contributed by atoms with E-state index in [2.05, 4.69) is 20.5 Å². The van der Waals surface area contributed by atoms with E-state index in [4.69, 9.17) is 0 Å². The minimum absolute atomic E-state index is 0.0288. The lowest BCUT2D eigenvalue weighted by atomic mass is 9.95. The molecule has 2 heterocycles. The van der Waals surface area contributed by atoms with Gasteiger partial charge in [0, 0.05) is 30.5 Å². The van der Waals surface area contributed by atoms with Gasteiger partial charge in [0.15, 0.2) is 5.13 Å². The second-order valence-corrected chi connectivity index (χ2v) is 8.12. The maximum atomic E-state index is 12.6. The Labute approximate surface area is 164 Å². The van der Waals surface area contributed by atoms with E-state index in [-0.39, 0.29) is 23.8 Å². The summed E-state index contributed by atoms with van der Waals surface area (Å²) in [7, 11) is 0. The van der Waals surface area contributed by atoms with Crippen molar-refractivity contribution in [1.82, 2.24) is 15.2 Å². The van der Waals surface area contributed by atoms with Crippen molar-refractivity contribution in [3.8, 4) is 0 Å². The average Bonchev–Trinajstić information content (AvgIpc) is 3.09. The van der Waals surface area contributed by atoms with Gasteiger partial charge in [-0.05, 0) is 38.4 Å². The van der Waals surface area contributed by atoms with Crippen LogP contribution in [0.15, 0.2) is 36.5 Å². The quantitative estimate of drug-likeness (QED) is 0.800. The molecule has 0 spiro atoms. The maximum Gasteiger partial charge on any atom is 0.223 e. The van der Waals surface area contributed by atoms with Gasteiger partial charge in [-0.2, -0.15) is 0 Å². The van der Waals surface area contributed by atoms with Gasteiger partial charge in [0.25, 0.3) is 0 Å². The first-order chi connectivity index (χ1) is 13.0. The van der Waals surface area contributed by atoms with Crippen LogP contribution in [-0.4, -0.2) is 34.8 Å². The monoisotopic (exact) mass is 386 g/mol. The first-order valence-corrected chi connectivity index (χ1v) is 10.1. The van der Waals surface area contributed by atoms with E-state index in [0.29, 0.717) is 5.13 Å². The average molecular weight is 387 g/mol. The molecular formula is C20H26N4O2S. The van der Waals surface area contributed by atoms with Gasteiger partial charge in [0.2, 0.25) is 11.8 Å². The van der Waals surface area contributed by atoms with Gasteiger partial charge in [-0.25, -0.2) is 4.98 Å². The molecule has 1 saturated heterocycles. The van der Waals surface area contributed by atoms with Crippen molar-refractivity contribution in [2.75, 3.05) is 18.4 Å².